The highest BCUT2D eigenvalue weighted by Crippen LogP contribution is 2.35. The van der Waals surface area contributed by atoms with E-state index in [0.29, 0.717) is 72.8 Å². The summed E-state index contributed by atoms with van der Waals surface area (Å²) in [6, 6.07) is 7.07. The number of nitrogens with two attached hydrogens (primary N) is 1. The number of fused-ring (bicyclic) bond motifs is 1. The van der Waals surface area contributed by atoms with Crippen LogP contribution < -0.4 is 20.1 Å². The summed E-state index contributed by atoms with van der Waals surface area (Å²) in [4.78, 5) is 28.8. The van der Waals surface area contributed by atoms with Gasteiger partial charge in [0, 0.05) is 56.8 Å². The maximum atomic E-state index is 12.9. The number of likely N-dealkylation sites (N-methyl/N-ethyl adjacent to an activating group) is 1. The smallest absolute Gasteiger partial charge is 0.289 e. The second kappa shape index (κ2) is 10.4. The van der Waals surface area contributed by atoms with Crippen LogP contribution in [0, 0.1) is 0 Å². The SMILES string of the molecule is COc1cc2nc(N(C)CC3(N4CCOCC4)CCN(C(=O)c4ccco4)CC3)nc(N)c2cc1OC. The van der Waals surface area contributed by atoms with Crippen molar-refractivity contribution in [3.63, 3.8) is 0 Å². The van der Waals surface area contributed by atoms with Gasteiger partial charge < -0.3 is 34.2 Å². The fourth-order valence-electron chi connectivity index (χ4n) is 5.44. The Morgan fingerprint density at radius 2 is 1.81 bits per heavy atom. The minimum absolute atomic E-state index is 0.0658. The van der Waals surface area contributed by atoms with Crippen molar-refractivity contribution in [2.75, 3.05) is 77.8 Å². The van der Waals surface area contributed by atoms with Crippen LogP contribution in [-0.4, -0.2) is 98.4 Å². The molecule has 0 spiro atoms. The number of morpholine rings is 1. The molecule has 0 aliphatic carbocycles. The second-order valence-electron chi connectivity index (χ2n) is 9.58. The summed E-state index contributed by atoms with van der Waals surface area (Å²) in [7, 11) is 5.17. The molecule has 37 heavy (non-hydrogen) atoms. The normalized spacial score (nSPS) is 18.1. The largest absolute Gasteiger partial charge is 0.493 e. The third-order valence-electron chi connectivity index (χ3n) is 7.49. The van der Waals surface area contributed by atoms with Crippen molar-refractivity contribution in [2.24, 2.45) is 0 Å². The number of aromatic nitrogens is 2. The highest BCUT2D eigenvalue weighted by atomic mass is 16.5. The Hall–Kier alpha value is -3.57. The molecule has 0 bridgehead atoms. The predicted octanol–water partition coefficient (Wildman–Crippen LogP) is 2.27. The molecular formula is C26H34N6O5. The van der Waals surface area contributed by atoms with Gasteiger partial charge in [-0.2, -0.15) is 4.98 Å². The third kappa shape index (κ3) is 4.88. The molecule has 2 N–H and O–H groups in total. The van der Waals surface area contributed by atoms with E-state index >= 15 is 0 Å². The zero-order valence-corrected chi connectivity index (χ0v) is 21.6. The lowest BCUT2D eigenvalue weighted by Gasteiger charge is -2.51. The predicted molar refractivity (Wildman–Crippen MR) is 139 cm³/mol. The molecule has 11 heteroatoms. The summed E-state index contributed by atoms with van der Waals surface area (Å²) in [6.45, 7) is 5.05. The molecule has 0 radical (unpaired) electrons. The lowest BCUT2D eigenvalue weighted by atomic mass is 9.84. The minimum Gasteiger partial charge on any atom is -0.493 e. The van der Waals surface area contributed by atoms with Gasteiger partial charge in [-0.1, -0.05) is 0 Å². The number of methoxy groups -OCH3 is 2. The molecule has 3 aromatic rings. The summed E-state index contributed by atoms with van der Waals surface area (Å²) in [5.41, 5.74) is 6.89. The van der Waals surface area contributed by atoms with Crippen molar-refractivity contribution in [1.82, 2.24) is 19.8 Å². The van der Waals surface area contributed by atoms with Crippen molar-refractivity contribution >= 4 is 28.6 Å². The van der Waals surface area contributed by atoms with E-state index in [0.717, 1.165) is 25.9 Å². The van der Waals surface area contributed by atoms with E-state index in [9.17, 15) is 4.79 Å². The van der Waals surface area contributed by atoms with Crippen LogP contribution in [0.15, 0.2) is 34.9 Å². The Bertz CT molecular complexity index is 1240. The molecule has 5 rings (SSSR count). The Kier molecular flexibility index (Phi) is 7.07. The van der Waals surface area contributed by atoms with E-state index in [1.54, 1.807) is 32.4 Å². The average molecular weight is 511 g/mol. The summed E-state index contributed by atoms with van der Waals surface area (Å²) in [6.07, 6.45) is 3.17. The lowest BCUT2D eigenvalue weighted by Crippen LogP contribution is -2.63. The molecule has 1 amide bonds. The number of nitrogens with zero attached hydrogens (tertiary/aromatic N) is 5. The highest BCUT2D eigenvalue weighted by Gasteiger charge is 2.43. The lowest BCUT2D eigenvalue weighted by molar-refractivity contribution is -0.0418. The third-order valence-corrected chi connectivity index (χ3v) is 7.49. The maximum absolute atomic E-state index is 12.9. The van der Waals surface area contributed by atoms with Gasteiger partial charge in [0.1, 0.15) is 5.82 Å². The number of furan rings is 1. The first-order chi connectivity index (χ1) is 17.9. The summed E-state index contributed by atoms with van der Waals surface area (Å²) in [5, 5.41) is 0.711. The van der Waals surface area contributed by atoms with E-state index in [1.807, 2.05) is 18.0 Å². The first kappa shape index (κ1) is 25.1. The number of likely N-dealkylation sites (tertiary alicyclic amines) is 1. The zero-order chi connectivity index (χ0) is 26.0. The molecule has 2 aromatic heterocycles. The van der Waals surface area contributed by atoms with Gasteiger partial charge in [-0.15, -0.1) is 0 Å². The molecule has 2 aliphatic heterocycles. The molecule has 2 fully saturated rings. The van der Waals surface area contributed by atoms with Crippen LogP contribution in [0.1, 0.15) is 23.4 Å². The summed E-state index contributed by atoms with van der Waals surface area (Å²) >= 11 is 0. The maximum Gasteiger partial charge on any atom is 0.289 e. The van der Waals surface area contributed by atoms with E-state index in [2.05, 4.69) is 14.8 Å². The van der Waals surface area contributed by atoms with Crippen LogP contribution in [0.5, 0.6) is 11.5 Å². The Morgan fingerprint density at radius 3 is 2.46 bits per heavy atom. The number of carbonyl (C=O) groups excluding carboxylic acids is 1. The molecular weight excluding hydrogens is 476 g/mol. The number of anilines is 2. The first-order valence-corrected chi connectivity index (χ1v) is 12.5. The molecule has 2 saturated heterocycles. The zero-order valence-electron chi connectivity index (χ0n) is 21.6. The molecule has 198 valence electrons. The van der Waals surface area contributed by atoms with Crippen molar-refractivity contribution in [3.05, 3.63) is 36.3 Å². The molecule has 1 aromatic carbocycles. The van der Waals surface area contributed by atoms with Crippen LogP contribution >= 0.6 is 0 Å². The number of amides is 1. The topological polar surface area (TPSA) is 119 Å². The van der Waals surface area contributed by atoms with Crippen LogP contribution in [-0.2, 0) is 4.74 Å². The quantitative estimate of drug-likeness (QED) is 0.507. The van der Waals surface area contributed by atoms with Crippen LogP contribution in [0.4, 0.5) is 11.8 Å². The molecule has 0 saturated carbocycles. The number of hydrogen-bond donors (Lipinski definition) is 1. The van der Waals surface area contributed by atoms with Crippen molar-refractivity contribution < 1.29 is 23.4 Å². The fourth-order valence-corrected chi connectivity index (χ4v) is 5.44. The Balaban J connectivity index is 1.40. The van der Waals surface area contributed by atoms with Gasteiger partial charge in [0.15, 0.2) is 17.3 Å². The van der Waals surface area contributed by atoms with Crippen molar-refractivity contribution in [3.8, 4) is 11.5 Å². The Morgan fingerprint density at radius 1 is 1.11 bits per heavy atom. The molecule has 0 atom stereocenters. The van der Waals surface area contributed by atoms with Crippen LogP contribution in [0.25, 0.3) is 10.9 Å². The second-order valence-corrected chi connectivity index (χ2v) is 9.58. The Labute approximate surface area is 216 Å². The monoisotopic (exact) mass is 510 g/mol. The summed E-state index contributed by atoms with van der Waals surface area (Å²) in [5.74, 6) is 2.40. The van der Waals surface area contributed by atoms with Gasteiger partial charge in [-0.05, 0) is 31.0 Å². The molecule has 4 heterocycles. The van der Waals surface area contributed by atoms with Crippen molar-refractivity contribution in [2.45, 2.75) is 18.4 Å². The van der Waals surface area contributed by atoms with E-state index in [1.165, 1.54) is 6.26 Å². The van der Waals surface area contributed by atoms with Gasteiger partial charge >= 0.3 is 0 Å². The average Bonchev–Trinajstić information content (AvgIpc) is 3.48. The minimum atomic E-state index is -0.164. The van der Waals surface area contributed by atoms with Gasteiger partial charge in [0.05, 0.1) is 39.2 Å². The molecule has 2 aliphatic rings. The fraction of sp³-hybridized carbons (Fsp3) is 0.500. The number of benzene rings is 1. The molecule has 11 nitrogen and oxygen atoms in total. The van der Waals surface area contributed by atoms with Gasteiger partial charge in [-0.3, -0.25) is 9.69 Å². The highest BCUT2D eigenvalue weighted by molar-refractivity contribution is 5.92. The van der Waals surface area contributed by atoms with E-state index in [4.69, 9.17) is 29.3 Å². The summed E-state index contributed by atoms with van der Waals surface area (Å²) < 4.78 is 21.9. The van der Waals surface area contributed by atoms with Crippen molar-refractivity contribution in [1.29, 1.82) is 0 Å². The number of hydrogen-bond acceptors (Lipinski definition) is 10. The number of carbonyl (C=O) groups is 1. The number of rotatable bonds is 7. The number of piperidine rings is 1. The van der Waals surface area contributed by atoms with Crippen LogP contribution in [0.2, 0.25) is 0 Å². The first-order valence-electron chi connectivity index (χ1n) is 12.5. The number of ether oxygens (including phenoxy) is 3. The van der Waals surface area contributed by atoms with Crippen LogP contribution in [0.3, 0.4) is 0 Å². The van der Waals surface area contributed by atoms with Gasteiger partial charge in [0.25, 0.3) is 5.91 Å². The molecule has 0 unspecified atom stereocenters. The van der Waals surface area contributed by atoms with E-state index < -0.39 is 0 Å². The van der Waals surface area contributed by atoms with Gasteiger partial charge in [0.2, 0.25) is 5.95 Å². The van der Waals surface area contributed by atoms with E-state index in [-0.39, 0.29) is 11.4 Å². The van der Waals surface area contributed by atoms with Gasteiger partial charge in [-0.25, -0.2) is 4.98 Å². The number of nitrogen functional groups attached to an aromatic ring is 1. The standard InChI is InChI=1S/C26H34N6O5/c1-30(25-28-19-16-22(35-3)21(34-2)15-18(19)23(27)29-25)17-26(32-10-13-36-14-11-32)6-8-31(9-7-26)24(33)20-5-4-12-37-20/h4-5,12,15-16H,6-11,13-14,17H2,1-3H3,(H2,27,28,29).